The number of carbonyl (C=O) groups is 1. The lowest BCUT2D eigenvalue weighted by Gasteiger charge is -2.35. The highest BCUT2D eigenvalue weighted by atomic mass is 35.5. The number of nitrogens with two attached hydrogens (primary N) is 1. The smallest absolute Gasteiger partial charge is 0.224 e. The summed E-state index contributed by atoms with van der Waals surface area (Å²) in [4.78, 5) is 14.5. The number of nitrogens with zero attached hydrogens (tertiary/aromatic N) is 1. The third-order valence-electron chi connectivity index (χ3n) is 4.39. The van der Waals surface area contributed by atoms with Crippen LogP contribution in [0.25, 0.3) is 0 Å². The van der Waals surface area contributed by atoms with Crippen molar-refractivity contribution in [1.82, 2.24) is 10.2 Å². The molecule has 1 fully saturated rings. The first-order valence-electron chi connectivity index (χ1n) is 8.09. The van der Waals surface area contributed by atoms with Gasteiger partial charge in [-0.3, -0.25) is 9.69 Å². The molecule has 1 aromatic rings. The van der Waals surface area contributed by atoms with Crippen LogP contribution in [0.15, 0.2) is 24.3 Å². The van der Waals surface area contributed by atoms with Crippen LogP contribution in [-0.4, -0.2) is 49.7 Å². The number of benzene rings is 1. The standard InChI is InChI=1S/C17H26ClN3O2.2ClH/c1-12(13(2)19)17(22)20-11-16(21-6-8-23-9-7-21)14-4-3-5-15(18)10-14;;/h3-5,10,12-13,16H,6-9,11,19H2,1-2H3,(H,20,22);2*1H. The average Bonchev–Trinajstić information content (AvgIpc) is 2.55. The third-order valence-corrected chi connectivity index (χ3v) is 4.63. The van der Waals surface area contributed by atoms with Crippen LogP contribution >= 0.6 is 36.4 Å². The van der Waals surface area contributed by atoms with Gasteiger partial charge in [0.05, 0.1) is 19.3 Å². The Morgan fingerprint density at radius 3 is 2.52 bits per heavy atom. The summed E-state index contributed by atoms with van der Waals surface area (Å²) < 4.78 is 5.43. The third kappa shape index (κ3) is 7.29. The van der Waals surface area contributed by atoms with Crippen molar-refractivity contribution in [2.75, 3.05) is 32.8 Å². The second-order valence-corrected chi connectivity index (χ2v) is 6.55. The zero-order valence-electron chi connectivity index (χ0n) is 14.6. The maximum atomic E-state index is 12.2. The highest BCUT2D eigenvalue weighted by molar-refractivity contribution is 6.30. The van der Waals surface area contributed by atoms with E-state index in [1.54, 1.807) is 0 Å². The quantitative estimate of drug-likeness (QED) is 0.754. The van der Waals surface area contributed by atoms with Crippen molar-refractivity contribution in [2.45, 2.75) is 25.9 Å². The number of amides is 1. The monoisotopic (exact) mass is 411 g/mol. The molecule has 5 nitrogen and oxygen atoms in total. The van der Waals surface area contributed by atoms with Crippen molar-refractivity contribution in [3.8, 4) is 0 Å². The van der Waals surface area contributed by atoms with E-state index in [1.807, 2.05) is 38.1 Å². The van der Waals surface area contributed by atoms with Crippen molar-refractivity contribution in [3.63, 3.8) is 0 Å². The van der Waals surface area contributed by atoms with Crippen molar-refractivity contribution in [1.29, 1.82) is 0 Å². The number of ether oxygens (including phenoxy) is 1. The van der Waals surface area contributed by atoms with E-state index in [4.69, 9.17) is 22.1 Å². The molecule has 1 aromatic carbocycles. The Kier molecular flexibility index (Phi) is 11.7. The van der Waals surface area contributed by atoms with Gasteiger partial charge in [-0.25, -0.2) is 0 Å². The molecule has 1 aliphatic heterocycles. The van der Waals surface area contributed by atoms with Crippen molar-refractivity contribution < 1.29 is 9.53 Å². The number of rotatable bonds is 6. The molecule has 1 amide bonds. The van der Waals surface area contributed by atoms with Gasteiger partial charge in [0.2, 0.25) is 5.91 Å². The summed E-state index contributed by atoms with van der Waals surface area (Å²) in [6.07, 6.45) is 0. The minimum absolute atomic E-state index is 0. The number of nitrogens with one attached hydrogen (secondary N) is 1. The van der Waals surface area contributed by atoms with Crippen LogP contribution in [-0.2, 0) is 9.53 Å². The van der Waals surface area contributed by atoms with E-state index in [0.29, 0.717) is 24.8 Å². The second-order valence-electron chi connectivity index (χ2n) is 6.11. The van der Waals surface area contributed by atoms with E-state index in [1.165, 1.54) is 0 Å². The van der Waals surface area contributed by atoms with Crippen molar-refractivity contribution >= 4 is 42.3 Å². The maximum Gasteiger partial charge on any atom is 0.224 e. The minimum Gasteiger partial charge on any atom is -0.379 e. The van der Waals surface area contributed by atoms with Gasteiger partial charge in [0.1, 0.15) is 0 Å². The lowest BCUT2D eigenvalue weighted by Crippen LogP contribution is -2.46. The molecule has 1 heterocycles. The Labute approximate surface area is 167 Å². The van der Waals surface area contributed by atoms with Crippen LogP contribution in [0, 0.1) is 5.92 Å². The van der Waals surface area contributed by atoms with Crippen LogP contribution < -0.4 is 11.1 Å². The molecular formula is C17H28Cl3N3O2. The van der Waals surface area contributed by atoms with E-state index in [0.717, 1.165) is 18.7 Å². The molecule has 0 radical (unpaired) electrons. The number of hydrogen-bond donors (Lipinski definition) is 2. The Morgan fingerprint density at radius 2 is 1.96 bits per heavy atom. The Bertz CT molecular complexity index is 526. The molecular weight excluding hydrogens is 385 g/mol. The van der Waals surface area contributed by atoms with E-state index in [9.17, 15) is 4.79 Å². The van der Waals surface area contributed by atoms with E-state index < -0.39 is 0 Å². The molecule has 0 saturated carbocycles. The van der Waals surface area contributed by atoms with Crippen molar-refractivity contribution in [3.05, 3.63) is 34.9 Å². The van der Waals surface area contributed by atoms with Gasteiger partial charge in [-0.15, -0.1) is 24.8 Å². The maximum absolute atomic E-state index is 12.2. The summed E-state index contributed by atoms with van der Waals surface area (Å²) in [7, 11) is 0. The van der Waals surface area contributed by atoms with Gasteiger partial charge in [0, 0.05) is 36.6 Å². The van der Waals surface area contributed by atoms with E-state index >= 15 is 0 Å². The summed E-state index contributed by atoms with van der Waals surface area (Å²) in [5.74, 6) is -0.222. The molecule has 0 aliphatic carbocycles. The highest BCUT2D eigenvalue weighted by Gasteiger charge is 2.25. The molecule has 0 bridgehead atoms. The van der Waals surface area contributed by atoms with Gasteiger partial charge in [0.15, 0.2) is 0 Å². The lowest BCUT2D eigenvalue weighted by molar-refractivity contribution is -0.125. The number of hydrogen-bond acceptors (Lipinski definition) is 4. The molecule has 3 unspecified atom stereocenters. The Balaban J connectivity index is 0.00000288. The lowest BCUT2D eigenvalue weighted by atomic mass is 10.0. The molecule has 2 rings (SSSR count). The number of carbonyl (C=O) groups excluding carboxylic acids is 1. The van der Waals surface area contributed by atoms with Crippen molar-refractivity contribution in [2.24, 2.45) is 11.7 Å². The van der Waals surface area contributed by atoms with Gasteiger partial charge in [-0.05, 0) is 24.6 Å². The molecule has 1 aliphatic rings. The normalized spacial score (nSPS) is 18.2. The average molecular weight is 413 g/mol. The van der Waals surface area contributed by atoms with Crippen LogP contribution in [0.1, 0.15) is 25.5 Å². The molecule has 0 aromatic heterocycles. The predicted octanol–water partition coefficient (Wildman–Crippen LogP) is 2.66. The first-order valence-corrected chi connectivity index (χ1v) is 8.47. The van der Waals surface area contributed by atoms with Crippen LogP contribution in [0.4, 0.5) is 0 Å². The largest absolute Gasteiger partial charge is 0.379 e. The number of morpholine rings is 1. The fourth-order valence-corrected chi connectivity index (χ4v) is 2.86. The van der Waals surface area contributed by atoms with Gasteiger partial charge >= 0.3 is 0 Å². The molecule has 8 heteroatoms. The first-order chi connectivity index (χ1) is 11.0. The van der Waals surface area contributed by atoms with Gasteiger partial charge in [-0.1, -0.05) is 30.7 Å². The van der Waals surface area contributed by atoms with Crippen LogP contribution in [0.5, 0.6) is 0 Å². The summed E-state index contributed by atoms with van der Waals surface area (Å²) in [6.45, 7) is 7.34. The molecule has 0 spiro atoms. The molecule has 25 heavy (non-hydrogen) atoms. The topological polar surface area (TPSA) is 67.6 Å². The zero-order chi connectivity index (χ0) is 16.8. The molecule has 144 valence electrons. The van der Waals surface area contributed by atoms with E-state index in [-0.39, 0.29) is 48.7 Å². The fourth-order valence-electron chi connectivity index (χ4n) is 2.66. The summed E-state index contributed by atoms with van der Waals surface area (Å²) in [6, 6.07) is 7.73. The van der Waals surface area contributed by atoms with Gasteiger partial charge < -0.3 is 15.8 Å². The fraction of sp³-hybridized carbons (Fsp3) is 0.588. The summed E-state index contributed by atoms with van der Waals surface area (Å²) in [5.41, 5.74) is 6.92. The molecule has 3 N–H and O–H groups in total. The summed E-state index contributed by atoms with van der Waals surface area (Å²) >= 11 is 6.14. The van der Waals surface area contributed by atoms with E-state index in [2.05, 4.69) is 10.2 Å². The Hall–Kier alpha value is -0.560. The minimum atomic E-state index is -0.209. The molecule has 3 atom stereocenters. The van der Waals surface area contributed by atoms with Gasteiger partial charge in [0.25, 0.3) is 0 Å². The predicted molar refractivity (Wildman–Crippen MR) is 107 cm³/mol. The molecule has 1 saturated heterocycles. The second kappa shape index (κ2) is 11.9. The summed E-state index contributed by atoms with van der Waals surface area (Å²) in [5, 5.41) is 3.74. The highest BCUT2D eigenvalue weighted by Crippen LogP contribution is 2.24. The van der Waals surface area contributed by atoms with Crippen LogP contribution in [0.2, 0.25) is 5.02 Å². The SMILES string of the molecule is CC(N)C(C)C(=O)NCC(c1cccc(Cl)c1)N1CCOCC1.Cl.Cl. The van der Waals surface area contributed by atoms with Crippen LogP contribution in [0.3, 0.4) is 0 Å². The zero-order valence-corrected chi connectivity index (χ0v) is 17.0. The van der Waals surface area contributed by atoms with Gasteiger partial charge in [-0.2, -0.15) is 0 Å². The first kappa shape index (κ1) is 24.4. The Morgan fingerprint density at radius 1 is 1.32 bits per heavy atom. The number of halogens is 3.